The van der Waals surface area contributed by atoms with E-state index in [-0.39, 0.29) is 0 Å². The lowest BCUT2D eigenvalue weighted by Crippen LogP contribution is -2.38. The fourth-order valence-electron chi connectivity index (χ4n) is 2.68. The van der Waals surface area contributed by atoms with Gasteiger partial charge in [-0.15, -0.1) is 0 Å². The van der Waals surface area contributed by atoms with E-state index >= 15 is 0 Å². The van der Waals surface area contributed by atoms with E-state index in [9.17, 15) is 0 Å². The van der Waals surface area contributed by atoms with Crippen LogP contribution in [0.15, 0.2) is 24.3 Å². The third-order valence-electron chi connectivity index (χ3n) is 3.57. The number of nitrogens with one attached hydrogen (secondary N) is 1. The molecule has 0 radical (unpaired) electrons. The van der Waals surface area contributed by atoms with Crippen molar-refractivity contribution in [3.05, 3.63) is 35.4 Å². The normalized spacial score (nSPS) is 28.7. The second kappa shape index (κ2) is 5.68. The smallest absolute Gasteiger partial charge is 0.0417 e. The second-order valence-electron chi connectivity index (χ2n) is 4.85. The predicted octanol–water partition coefficient (Wildman–Crippen LogP) is 3.46. The zero-order chi connectivity index (χ0) is 11.5. The van der Waals surface area contributed by atoms with E-state index in [4.69, 9.17) is 0 Å². The number of benzene rings is 1. The van der Waals surface area contributed by atoms with Crippen LogP contribution in [-0.4, -0.2) is 23.3 Å². The first-order valence-corrected chi connectivity index (χ1v) is 8.74. The van der Waals surface area contributed by atoms with Gasteiger partial charge < -0.3 is 5.32 Å². The number of thioether (sulfide) groups is 2. The summed E-state index contributed by atoms with van der Waals surface area (Å²) in [5.74, 6) is 5.07. The molecule has 0 bridgehead atoms. The molecule has 1 fully saturated rings. The molecule has 0 aliphatic carbocycles. The number of rotatable bonds is 2. The van der Waals surface area contributed by atoms with Crippen LogP contribution in [0.4, 0.5) is 0 Å². The van der Waals surface area contributed by atoms with Crippen LogP contribution in [0.25, 0.3) is 0 Å². The molecule has 1 N–H and O–H groups in total. The van der Waals surface area contributed by atoms with Crippen molar-refractivity contribution in [1.82, 2.24) is 5.32 Å². The van der Waals surface area contributed by atoms with Gasteiger partial charge in [0.15, 0.2) is 0 Å². The highest BCUT2D eigenvalue weighted by molar-refractivity contribution is 7.99. The summed E-state index contributed by atoms with van der Waals surface area (Å²) >= 11 is 4.17. The standard InChI is InChI=1S/C14H19NS2/c1-2-6-13-11(4-1)8-17-10-14(13)15-12-5-3-7-16-9-12/h1-2,4,6,12,14-15H,3,5,7-10H2. The highest BCUT2D eigenvalue weighted by Gasteiger charge is 2.23. The summed E-state index contributed by atoms with van der Waals surface area (Å²) < 4.78 is 0. The van der Waals surface area contributed by atoms with Crippen molar-refractivity contribution >= 4 is 23.5 Å². The van der Waals surface area contributed by atoms with E-state index in [1.54, 1.807) is 5.56 Å². The Kier molecular flexibility index (Phi) is 3.99. The number of hydrogen-bond acceptors (Lipinski definition) is 3. The van der Waals surface area contributed by atoms with E-state index in [1.807, 2.05) is 0 Å². The van der Waals surface area contributed by atoms with E-state index in [0.717, 1.165) is 6.04 Å². The summed E-state index contributed by atoms with van der Waals surface area (Å²) in [5, 5.41) is 3.87. The zero-order valence-corrected chi connectivity index (χ0v) is 11.7. The molecule has 2 unspecified atom stereocenters. The minimum Gasteiger partial charge on any atom is -0.306 e. The molecule has 0 spiro atoms. The largest absolute Gasteiger partial charge is 0.306 e. The quantitative estimate of drug-likeness (QED) is 0.879. The Morgan fingerprint density at radius 1 is 1.12 bits per heavy atom. The van der Waals surface area contributed by atoms with Gasteiger partial charge in [0.2, 0.25) is 0 Å². The Hall–Kier alpha value is -0.120. The van der Waals surface area contributed by atoms with E-state index in [0.29, 0.717) is 6.04 Å². The molecule has 1 aromatic carbocycles. The Morgan fingerprint density at radius 2 is 2.06 bits per heavy atom. The lowest BCUT2D eigenvalue weighted by atomic mass is 10.0. The lowest BCUT2D eigenvalue weighted by molar-refractivity contribution is 0.454. The van der Waals surface area contributed by atoms with Crippen LogP contribution >= 0.6 is 23.5 Å². The average Bonchev–Trinajstić information content (AvgIpc) is 2.40. The molecule has 1 nitrogen and oxygen atoms in total. The Labute approximate surface area is 112 Å². The summed E-state index contributed by atoms with van der Waals surface area (Å²) in [6, 6.07) is 10.2. The summed E-state index contributed by atoms with van der Waals surface area (Å²) in [6.45, 7) is 0. The summed E-state index contributed by atoms with van der Waals surface area (Å²) in [4.78, 5) is 0. The van der Waals surface area contributed by atoms with Gasteiger partial charge in [0.1, 0.15) is 0 Å². The van der Waals surface area contributed by atoms with Gasteiger partial charge in [0, 0.05) is 29.3 Å². The maximum Gasteiger partial charge on any atom is 0.0417 e. The summed E-state index contributed by atoms with van der Waals surface area (Å²) in [7, 11) is 0. The van der Waals surface area contributed by atoms with Crippen molar-refractivity contribution in [2.45, 2.75) is 30.7 Å². The molecule has 0 amide bonds. The van der Waals surface area contributed by atoms with Gasteiger partial charge in [-0.3, -0.25) is 0 Å². The van der Waals surface area contributed by atoms with Crippen LogP contribution < -0.4 is 5.32 Å². The molecule has 1 aromatic rings. The minimum absolute atomic E-state index is 0.577. The van der Waals surface area contributed by atoms with Gasteiger partial charge in [-0.05, 0) is 29.7 Å². The molecule has 3 heteroatoms. The summed E-state index contributed by atoms with van der Waals surface area (Å²) in [5.41, 5.74) is 3.08. The van der Waals surface area contributed by atoms with Crippen LogP contribution in [0.2, 0.25) is 0 Å². The molecule has 2 atom stereocenters. The SMILES string of the molecule is c1ccc2c(c1)CSCC2NC1CCCSC1. The Morgan fingerprint density at radius 3 is 2.94 bits per heavy atom. The highest BCUT2D eigenvalue weighted by Crippen LogP contribution is 2.32. The van der Waals surface area contributed by atoms with E-state index < -0.39 is 0 Å². The van der Waals surface area contributed by atoms with Crippen LogP contribution in [0.3, 0.4) is 0 Å². The molecule has 0 aromatic heterocycles. The van der Waals surface area contributed by atoms with Crippen LogP contribution in [0.5, 0.6) is 0 Å². The zero-order valence-electron chi connectivity index (χ0n) is 10.0. The van der Waals surface area contributed by atoms with Crippen LogP contribution in [0, 0.1) is 0 Å². The van der Waals surface area contributed by atoms with Crippen LogP contribution in [0.1, 0.15) is 30.0 Å². The first-order chi connectivity index (χ1) is 8.43. The third kappa shape index (κ3) is 2.83. The molecule has 92 valence electrons. The monoisotopic (exact) mass is 265 g/mol. The van der Waals surface area contributed by atoms with Crippen LogP contribution in [-0.2, 0) is 5.75 Å². The van der Waals surface area contributed by atoms with E-state index in [1.165, 1.54) is 41.4 Å². The lowest BCUT2D eigenvalue weighted by Gasteiger charge is -2.31. The maximum atomic E-state index is 3.87. The van der Waals surface area contributed by atoms with Gasteiger partial charge in [-0.2, -0.15) is 23.5 Å². The van der Waals surface area contributed by atoms with Crippen molar-refractivity contribution < 1.29 is 0 Å². The maximum absolute atomic E-state index is 3.87. The minimum atomic E-state index is 0.577. The fraction of sp³-hybridized carbons (Fsp3) is 0.571. The molecular weight excluding hydrogens is 246 g/mol. The average molecular weight is 265 g/mol. The van der Waals surface area contributed by atoms with E-state index in [2.05, 4.69) is 53.1 Å². The summed E-state index contributed by atoms with van der Waals surface area (Å²) in [6.07, 6.45) is 2.74. The molecule has 2 aliphatic heterocycles. The van der Waals surface area contributed by atoms with Crippen molar-refractivity contribution in [2.75, 3.05) is 17.3 Å². The highest BCUT2D eigenvalue weighted by atomic mass is 32.2. The molecule has 2 heterocycles. The van der Waals surface area contributed by atoms with Crippen molar-refractivity contribution in [3.8, 4) is 0 Å². The van der Waals surface area contributed by atoms with Gasteiger partial charge in [-0.25, -0.2) is 0 Å². The molecule has 1 saturated heterocycles. The Balaban J connectivity index is 1.71. The first kappa shape index (κ1) is 11.9. The van der Waals surface area contributed by atoms with Crippen molar-refractivity contribution in [2.24, 2.45) is 0 Å². The van der Waals surface area contributed by atoms with Gasteiger partial charge in [-0.1, -0.05) is 24.3 Å². The molecular formula is C14H19NS2. The molecule has 17 heavy (non-hydrogen) atoms. The Bertz CT molecular complexity index is 374. The van der Waals surface area contributed by atoms with Crippen molar-refractivity contribution in [3.63, 3.8) is 0 Å². The van der Waals surface area contributed by atoms with Gasteiger partial charge >= 0.3 is 0 Å². The topological polar surface area (TPSA) is 12.0 Å². The van der Waals surface area contributed by atoms with Crippen molar-refractivity contribution in [1.29, 1.82) is 0 Å². The second-order valence-corrected chi connectivity index (χ2v) is 7.03. The predicted molar refractivity (Wildman–Crippen MR) is 78.8 cm³/mol. The molecule has 3 rings (SSSR count). The third-order valence-corrected chi connectivity index (χ3v) is 5.87. The van der Waals surface area contributed by atoms with Gasteiger partial charge in [0.25, 0.3) is 0 Å². The van der Waals surface area contributed by atoms with Gasteiger partial charge in [0.05, 0.1) is 0 Å². The molecule has 2 aliphatic rings. The number of fused-ring (bicyclic) bond motifs is 1. The molecule has 0 saturated carbocycles. The first-order valence-electron chi connectivity index (χ1n) is 6.43. The number of hydrogen-bond donors (Lipinski definition) is 1. The fourth-order valence-corrected chi connectivity index (χ4v) is 4.87.